The molecule has 7 nitrogen and oxygen atoms in total. The maximum Gasteiger partial charge on any atom is 0.154 e. The minimum atomic E-state index is -0.190. The van der Waals surface area contributed by atoms with Crippen molar-refractivity contribution in [2.75, 3.05) is 21.3 Å². The highest BCUT2D eigenvalue weighted by Gasteiger charge is 2.27. The first-order chi connectivity index (χ1) is 14.4. The first-order valence-electron chi connectivity index (χ1n) is 9.25. The number of carbonyl (C=O) groups is 1. The lowest BCUT2D eigenvalue weighted by Crippen LogP contribution is -1.94. The number of aromatic hydroxyl groups is 2. The predicted octanol–water partition coefficient (Wildman–Crippen LogP) is 4.86. The Kier molecular flexibility index (Phi) is 5.91. The second-order valence-electron chi connectivity index (χ2n) is 6.95. The molecule has 158 valence electrons. The van der Waals surface area contributed by atoms with Crippen molar-refractivity contribution in [3.8, 4) is 40.1 Å². The highest BCUT2D eigenvalue weighted by atomic mass is 16.5. The second-order valence-corrected chi connectivity index (χ2v) is 6.95. The lowest BCUT2D eigenvalue weighted by Gasteiger charge is -2.11. The molecule has 0 aliphatic carbocycles. The molecule has 0 spiro atoms. The molecule has 0 fully saturated rings. The summed E-state index contributed by atoms with van der Waals surface area (Å²) in [5.74, 6) is 0.848. The summed E-state index contributed by atoms with van der Waals surface area (Å²) < 4.78 is 21.9. The number of phenolic OH excluding ortho intramolecular Hbond substituents is 2. The van der Waals surface area contributed by atoms with Crippen molar-refractivity contribution in [1.82, 2.24) is 0 Å². The molecule has 0 aliphatic heterocycles. The summed E-state index contributed by atoms with van der Waals surface area (Å²) in [6.45, 7) is 3.90. The summed E-state index contributed by atoms with van der Waals surface area (Å²) in [6, 6.07) is 4.57. The number of allylic oxidation sites excluding steroid dienone is 2. The Bertz CT molecular complexity index is 1130. The molecule has 3 aromatic rings. The summed E-state index contributed by atoms with van der Waals surface area (Å²) in [6.07, 6.45) is 2.95. The number of benzene rings is 2. The van der Waals surface area contributed by atoms with Crippen LogP contribution in [-0.2, 0) is 6.42 Å². The minimum Gasteiger partial charge on any atom is -0.507 e. The van der Waals surface area contributed by atoms with E-state index < -0.39 is 0 Å². The standard InChI is InChI=1S/C23H24O7/c1-12(2)6-7-14-17(28-4)10-19-20(22(14)26)15(11-24)23(30-19)21-16(25)8-13(27-3)9-18(21)29-5/h6,8-11,25-26H,7H2,1-5H3. The third-order valence-electron chi connectivity index (χ3n) is 4.84. The number of hydrogen-bond donors (Lipinski definition) is 2. The van der Waals surface area contributed by atoms with E-state index in [0.717, 1.165) is 5.57 Å². The average molecular weight is 412 g/mol. The Hall–Kier alpha value is -3.61. The van der Waals surface area contributed by atoms with Gasteiger partial charge >= 0.3 is 0 Å². The van der Waals surface area contributed by atoms with Gasteiger partial charge in [0.05, 0.1) is 32.3 Å². The summed E-state index contributed by atoms with van der Waals surface area (Å²) >= 11 is 0. The van der Waals surface area contributed by atoms with Crippen LogP contribution in [0.25, 0.3) is 22.3 Å². The van der Waals surface area contributed by atoms with Gasteiger partial charge in [-0.2, -0.15) is 0 Å². The van der Waals surface area contributed by atoms with Crippen molar-refractivity contribution in [1.29, 1.82) is 0 Å². The van der Waals surface area contributed by atoms with Crippen molar-refractivity contribution in [2.24, 2.45) is 0 Å². The number of methoxy groups -OCH3 is 3. The van der Waals surface area contributed by atoms with E-state index in [1.807, 2.05) is 19.9 Å². The van der Waals surface area contributed by atoms with E-state index in [0.29, 0.717) is 29.8 Å². The molecule has 0 atom stereocenters. The van der Waals surface area contributed by atoms with Gasteiger partial charge in [-0.1, -0.05) is 11.6 Å². The smallest absolute Gasteiger partial charge is 0.154 e. The van der Waals surface area contributed by atoms with Crippen molar-refractivity contribution < 1.29 is 33.6 Å². The van der Waals surface area contributed by atoms with E-state index in [-0.39, 0.29) is 45.1 Å². The molecule has 0 amide bonds. The normalized spacial score (nSPS) is 10.7. The Balaban J connectivity index is 2.35. The average Bonchev–Trinajstić information content (AvgIpc) is 3.09. The van der Waals surface area contributed by atoms with Gasteiger partial charge < -0.3 is 28.8 Å². The van der Waals surface area contributed by atoms with E-state index in [2.05, 4.69) is 0 Å². The molecule has 0 saturated carbocycles. The van der Waals surface area contributed by atoms with Crippen molar-refractivity contribution in [3.63, 3.8) is 0 Å². The van der Waals surface area contributed by atoms with Gasteiger partial charge in [0.25, 0.3) is 0 Å². The molecular formula is C23H24O7. The molecule has 0 saturated heterocycles. The topological polar surface area (TPSA) is 98.4 Å². The van der Waals surface area contributed by atoms with E-state index in [1.165, 1.54) is 27.4 Å². The highest BCUT2D eigenvalue weighted by molar-refractivity contribution is 6.07. The summed E-state index contributed by atoms with van der Waals surface area (Å²) in [5, 5.41) is 21.8. The third kappa shape index (κ3) is 3.54. The summed E-state index contributed by atoms with van der Waals surface area (Å²) in [7, 11) is 4.39. The fourth-order valence-electron chi connectivity index (χ4n) is 3.35. The van der Waals surface area contributed by atoms with Gasteiger partial charge in [-0.05, 0) is 20.3 Å². The predicted molar refractivity (Wildman–Crippen MR) is 113 cm³/mol. The zero-order valence-electron chi connectivity index (χ0n) is 17.5. The highest BCUT2D eigenvalue weighted by Crippen LogP contribution is 2.48. The number of furan rings is 1. The molecular weight excluding hydrogens is 388 g/mol. The summed E-state index contributed by atoms with van der Waals surface area (Å²) in [4.78, 5) is 12.0. The van der Waals surface area contributed by atoms with Crippen LogP contribution in [0.2, 0.25) is 0 Å². The van der Waals surface area contributed by atoms with Crippen molar-refractivity contribution >= 4 is 17.3 Å². The van der Waals surface area contributed by atoms with E-state index in [1.54, 1.807) is 12.1 Å². The van der Waals surface area contributed by atoms with Crippen LogP contribution in [0.4, 0.5) is 0 Å². The Morgan fingerprint density at radius 1 is 1.03 bits per heavy atom. The van der Waals surface area contributed by atoms with Crippen LogP contribution in [0.1, 0.15) is 29.8 Å². The van der Waals surface area contributed by atoms with Crippen LogP contribution in [0, 0.1) is 0 Å². The molecule has 0 unspecified atom stereocenters. The molecule has 0 bridgehead atoms. The molecule has 1 aromatic heterocycles. The quantitative estimate of drug-likeness (QED) is 0.422. The van der Waals surface area contributed by atoms with E-state index in [4.69, 9.17) is 18.6 Å². The van der Waals surface area contributed by atoms with Gasteiger partial charge in [0, 0.05) is 23.8 Å². The number of carbonyl (C=O) groups excluding carboxylic acids is 1. The molecule has 2 N–H and O–H groups in total. The van der Waals surface area contributed by atoms with E-state index >= 15 is 0 Å². The number of hydrogen-bond acceptors (Lipinski definition) is 7. The van der Waals surface area contributed by atoms with Crippen LogP contribution in [0.3, 0.4) is 0 Å². The lowest BCUT2D eigenvalue weighted by atomic mass is 10.00. The third-order valence-corrected chi connectivity index (χ3v) is 4.84. The van der Waals surface area contributed by atoms with Gasteiger partial charge in [-0.15, -0.1) is 0 Å². The number of aldehydes is 1. The lowest BCUT2D eigenvalue weighted by molar-refractivity contribution is 0.112. The van der Waals surface area contributed by atoms with Gasteiger partial charge in [0.2, 0.25) is 0 Å². The van der Waals surface area contributed by atoms with Crippen molar-refractivity contribution in [2.45, 2.75) is 20.3 Å². The first-order valence-corrected chi connectivity index (χ1v) is 9.25. The molecule has 30 heavy (non-hydrogen) atoms. The molecule has 1 heterocycles. The van der Waals surface area contributed by atoms with Crippen LogP contribution >= 0.6 is 0 Å². The number of rotatable bonds is 7. The van der Waals surface area contributed by atoms with Crippen LogP contribution < -0.4 is 14.2 Å². The number of ether oxygens (including phenoxy) is 3. The Morgan fingerprint density at radius 2 is 1.73 bits per heavy atom. The second kappa shape index (κ2) is 8.41. The Labute approximate surface area is 174 Å². The molecule has 3 rings (SSSR count). The number of fused-ring (bicyclic) bond motifs is 1. The molecule has 0 radical (unpaired) electrons. The fourth-order valence-corrected chi connectivity index (χ4v) is 3.35. The Morgan fingerprint density at radius 3 is 2.30 bits per heavy atom. The maximum atomic E-state index is 12.0. The maximum absolute atomic E-state index is 12.0. The molecule has 0 aliphatic rings. The zero-order chi connectivity index (χ0) is 22.0. The van der Waals surface area contributed by atoms with Crippen LogP contribution in [-0.4, -0.2) is 37.8 Å². The van der Waals surface area contributed by atoms with Gasteiger partial charge in [0.1, 0.15) is 39.9 Å². The monoisotopic (exact) mass is 412 g/mol. The first kappa shape index (κ1) is 21.1. The van der Waals surface area contributed by atoms with E-state index in [9.17, 15) is 15.0 Å². The summed E-state index contributed by atoms with van der Waals surface area (Å²) in [5.41, 5.74) is 2.14. The molecule has 2 aromatic carbocycles. The SMILES string of the molecule is COc1cc(O)c(-c2oc3cc(OC)c(CC=C(C)C)c(O)c3c2C=O)c(OC)c1. The van der Waals surface area contributed by atoms with Gasteiger partial charge in [-0.25, -0.2) is 0 Å². The fraction of sp³-hybridized carbons (Fsp3) is 0.261. The van der Waals surface area contributed by atoms with Crippen LogP contribution in [0.15, 0.2) is 34.3 Å². The van der Waals surface area contributed by atoms with Gasteiger partial charge in [-0.3, -0.25) is 4.79 Å². The largest absolute Gasteiger partial charge is 0.507 e. The molecule has 7 heteroatoms. The minimum absolute atomic E-state index is 0.0775. The van der Waals surface area contributed by atoms with Crippen LogP contribution in [0.5, 0.6) is 28.7 Å². The number of phenols is 2. The zero-order valence-corrected chi connectivity index (χ0v) is 17.5. The van der Waals surface area contributed by atoms with Crippen molar-refractivity contribution in [3.05, 3.63) is 41.0 Å². The van der Waals surface area contributed by atoms with Gasteiger partial charge in [0.15, 0.2) is 12.0 Å².